The third-order valence-corrected chi connectivity index (χ3v) is 2.30. The molecule has 0 radical (unpaired) electrons. The van der Waals surface area contributed by atoms with Gasteiger partial charge in [0.25, 0.3) is 6.43 Å². The minimum Gasteiger partial charge on any atom is -0.383 e. The number of pyridine rings is 1. The van der Waals surface area contributed by atoms with E-state index in [2.05, 4.69) is 20.9 Å². The molecule has 1 aromatic rings. The van der Waals surface area contributed by atoms with E-state index in [0.717, 1.165) is 0 Å². The highest BCUT2D eigenvalue weighted by molar-refractivity contribution is 9.10. The summed E-state index contributed by atoms with van der Waals surface area (Å²) in [6.07, 6.45) is -2.65. The molecule has 1 aromatic heterocycles. The van der Waals surface area contributed by atoms with Gasteiger partial charge in [-0.25, -0.2) is 13.8 Å². The normalized spacial score (nSPS) is 10.2. The van der Waals surface area contributed by atoms with E-state index in [-0.39, 0.29) is 17.8 Å². The number of alkyl halides is 2. The number of nitrogens with zero attached hydrogens (tertiary/aromatic N) is 2. The number of halogens is 3. The molecule has 0 unspecified atom stereocenters. The van der Waals surface area contributed by atoms with E-state index in [1.807, 2.05) is 6.07 Å². The molecule has 0 aliphatic rings. The van der Waals surface area contributed by atoms with Gasteiger partial charge in [0, 0.05) is 0 Å². The smallest absolute Gasteiger partial charge is 0.267 e. The van der Waals surface area contributed by atoms with Gasteiger partial charge in [0.2, 0.25) is 0 Å². The van der Waals surface area contributed by atoms with Gasteiger partial charge < -0.3 is 5.73 Å². The molecule has 0 spiro atoms. The quantitative estimate of drug-likeness (QED) is 0.832. The minimum absolute atomic E-state index is 0.0214. The van der Waals surface area contributed by atoms with E-state index in [9.17, 15) is 8.78 Å². The number of aromatic nitrogens is 1. The van der Waals surface area contributed by atoms with Crippen LogP contribution in [-0.4, -0.2) is 4.98 Å². The predicted molar refractivity (Wildman–Crippen MR) is 50.6 cm³/mol. The van der Waals surface area contributed by atoms with Gasteiger partial charge in [0.1, 0.15) is 10.4 Å². The van der Waals surface area contributed by atoms with Crippen LogP contribution in [0.5, 0.6) is 0 Å². The first-order valence-electron chi connectivity index (χ1n) is 3.66. The molecule has 1 heterocycles. The first-order chi connectivity index (χ1) is 6.56. The lowest BCUT2D eigenvalue weighted by molar-refractivity contribution is 0.152. The van der Waals surface area contributed by atoms with Gasteiger partial charge in [0.05, 0.1) is 18.1 Å². The summed E-state index contributed by atoms with van der Waals surface area (Å²) in [6.45, 7) is 0. The molecule has 0 bridgehead atoms. The Morgan fingerprint density at radius 3 is 2.79 bits per heavy atom. The van der Waals surface area contributed by atoms with Crippen molar-refractivity contribution in [3.8, 4) is 6.07 Å². The maximum absolute atomic E-state index is 12.4. The lowest BCUT2D eigenvalue weighted by atomic mass is 10.1. The van der Waals surface area contributed by atoms with Crippen LogP contribution < -0.4 is 5.73 Å². The van der Waals surface area contributed by atoms with E-state index >= 15 is 0 Å². The average molecular weight is 262 g/mol. The fraction of sp³-hybridized carbons (Fsp3) is 0.250. The highest BCUT2D eigenvalue weighted by Crippen LogP contribution is 2.27. The number of nitrogen functional groups attached to an aromatic ring is 1. The highest BCUT2D eigenvalue weighted by atomic mass is 79.9. The molecular weight excluding hydrogens is 256 g/mol. The maximum Gasteiger partial charge on any atom is 0.267 e. The van der Waals surface area contributed by atoms with Crippen molar-refractivity contribution in [2.45, 2.75) is 12.8 Å². The van der Waals surface area contributed by atoms with Crippen molar-refractivity contribution in [1.82, 2.24) is 4.98 Å². The van der Waals surface area contributed by atoms with Gasteiger partial charge >= 0.3 is 0 Å². The second kappa shape index (κ2) is 4.33. The fourth-order valence-electron chi connectivity index (χ4n) is 0.947. The second-order valence-corrected chi connectivity index (χ2v) is 3.30. The van der Waals surface area contributed by atoms with Crippen molar-refractivity contribution in [1.29, 1.82) is 5.26 Å². The molecule has 1 rings (SSSR count). The molecule has 0 aliphatic carbocycles. The number of anilines is 1. The SMILES string of the molecule is N#CCc1cc(C(F)F)c(N)nc1Br. The molecular formula is C8H6BrF2N3. The molecule has 74 valence electrons. The second-order valence-electron chi connectivity index (χ2n) is 2.55. The van der Waals surface area contributed by atoms with Gasteiger partial charge in [-0.15, -0.1) is 0 Å². The molecule has 0 amide bonds. The topological polar surface area (TPSA) is 62.7 Å². The van der Waals surface area contributed by atoms with E-state index in [1.54, 1.807) is 0 Å². The Morgan fingerprint density at radius 2 is 2.29 bits per heavy atom. The molecule has 0 aromatic carbocycles. The first kappa shape index (κ1) is 10.9. The van der Waals surface area contributed by atoms with Crippen LogP contribution in [-0.2, 0) is 6.42 Å². The summed E-state index contributed by atoms with van der Waals surface area (Å²) in [5, 5.41) is 8.43. The summed E-state index contributed by atoms with van der Waals surface area (Å²) in [6, 6.07) is 3.05. The summed E-state index contributed by atoms with van der Waals surface area (Å²) in [5.74, 6) is -0.214. The zero-order chi connectivity index (χ0) is 10.7. The van der Waals surface area contributed by atoms with Crippen LogP contribution in [0.1, 0.15) is 17.6 Å². The van der Waals surface area contributed by atoms with Gasteiger partial charge in [-0.1, -0.05) is 0 Å². The van der Waals surface area contributed by atoms with Crippen LogP contribution in [0.25, 0.3) is 0 Å². The predicted octanol–water partition coefficient (Wildman–Crippen LogP) is 2.43. The zero-order valence-electron chi connectivity index (χ0n) is 6.97. The first-order valence-corrected chi connectivity index (χ1v) is 4.45. The van der Waals surface area contributed by atoms with Crippen molar-refractivity contribution in [2.24, 2.45) is 0 Å². The van der Waals surface area contributed by atoms with Crippen molar-refractivity contribution < 1.29 is 8.78 Å². The van der Waals surface area contributed by atoms with Crippen LogP contribution in [0.3, 0.4) is 0 Å². The summed E-state index contributed by atoms with van der Waals surface area (Å²) in [5.41, 5.74) is 5.36. The largest absolute Gasteiger partial charge is 0.383 e. The van der Waals surface area contributed by atoms with E-state index in [1.165, 1.54) is 6.07 Å². The van der Waals surface area contributed by atoms with E-state index in [4.69, 9.17) is 11.0 Å². The average Bonchev–Trinajstić information content (AvgIpc) is 2.09. The van der Waals surface area contributed by atoms with Gasteiger partial charge in [0.15, 0.2) is 0 Å². The van der Waals surface area contributed by atoms with Crippen molar-refractivity contribution >= 4 is 21.7 Å². The highest BCUT2D eigenvalue weighted by Gasteiger charge is 2.15. The molecule has 0 saturated carbocycles. The lowest BCUT2D eigenvalue weighted by Crippen LogP contribution is -2.01. The Bertz CT molecular complexity index is 387. The van der Waals surface area contributed by atoms with Crippen molar-refractivity contribution in [3.05, 3.63) is 21.8 Å². The minimum atomic E-state index is -2.67. The van der Waals surface area contributed by atoms with Crippen LogP contribution >= 0.6 is 15.9 Å². The Balaban J connectivity index is 3.21. The summed E-state index contributed by atoms with van der Waals surface area (Å²) in [4.78, 5) is 3.68. The van der Waals surface area contributed by atoms with E-state index in [0.29, 0.717) is 10.2 Å². The van der Waals surface area contributed by atoms with E-state index < -0.39 is 6.43 Å². The van der Waals surface area contributed by atoms with Crippen molar-refractivity contribution in [3.63, 3.8) is 0 Å². The van der Waals surface area contributed by atoms with Gasteiger partial charge in [-0.3, -0.25) is 0 Å². The standard InChI is InChI=1S/C8H6BrF2N3/c9-6-4(1-2-12)3-5(7(10)11)8(13)14-6/h3,7H,1H2,(H2,13,14). The number of nitrogens with two attached hydrogens (primary N) is 1. The van der Waals surface area contributed by atoms with Crippen LogP contribution in [0, 0.1) is 11.3 Å². The molecule has 0 aliphatic heterocycles. The fourth-order valence-corrected chi connectivity index (χ4v) is 1.39. The third-order valence-electron chi connectivity index (χ3n) is 1.61. The van der Waals surface area contributed by atoms with Crippen LogP contribution in [0.15, 0.2) is 10.7 Å². The Hall–Kier alpha value is -1.22. The Morgan fingerprint density at radius 1 is 1.64 bits per heavy atom. The molecule has 2 N–H and O–H groups in total. The summed E-state index contributed by atoms with van der Waals surface area (Å²) >= 11 is 3.04. The van der Waals surface area contributed by atoms with Crippen LogP contribution in [0.4, 0.5) is 14.6 Å². The monoisotopic (exact) mass is 261 g/mol. The Kier molecular flexibility index (Phi) is 3.36. The third kappa shape index (κ3) is 2.17. The Labute approximate surface area is 87.7 Å². The number of nitriles is 1. The summed E-state index contributed by atoms with van der Waals surface area (Å²) < 4.78 is 25.1. The molecule has 14 heavy (non-hydrogen) atoms. The number of hydrogen-bond donors (Lipinski definition) is 1. The molecule has 6 heteroatoms. The van der Waals surface area contributed by atoms with Gasteiger partial charge in [-0.2, -0.15) is 5.26 Å². The number of hydrogen-bond acceptors (Lipinski definition) is 3. The zero-order valence-corrected chi connectivity index (χ0v) is 8.55. The maximum atomic E-state index is 12.4. The van der Waals surface area contributed by atoms with Crippen LogP contribution in [0.2, 0.25) is 0 Å². The number of rotatable bonds is 2. The van der Waals surface area contributed by atoms with Crippen molar-refractivity contribution in [2.75, 3.05) is 5.73 Å². The summed E-state index contributed by atoms with van der Waals surface area (Å²) in [7, 11) is 0. The molecule has 0 atom stereocenters. The van der Waals surface area contributed by atoms with Gasteiger partial charge in [-0.05, 0) is 27.6 Å². The molecule has 3 nitrogen and oxygen atoms in total. The molecule has 0 fully saturated rings. The molecule has 0 saturated heterocycles. The lowest BCUT2D eigenvalue weighted by Gasteiger charge is -2.06.